The topological polar surface area (TPSA) is 116 Å². The van der Waals surface area contributed by atoms with Crippen LogP contribution in [0.15, 0.2) is 22.8 Å². The van der Waals surface area contributed by atoms with E-state index in [1.165, 1.54) is 20.1 Å². The molecule has 8 nitrogen and oxygen atoms in total. The van der Waals surface area contributed by atoms with E-state index in [2.05, 4.69) is 6.58 Å². The number of aryl methyl sites for hydroxylation is 1. The third-order valence-electron chi connectivity index (χ3n) is 6.11. The van der Waals surface area contributed by atoms with Crippen molar-refractivity contribution in [3.8, 4) is 0 Å². The van der Waals surface area contributed by atoms with Crippen molar-refractivity contribution >= 4 is 17.7 Å². The predicted octanol–water partition coefficient (Wildman–Crippen LogP) is 1.78. The molecule has 0 bridgehead atoms. The lowest BCUT2D eigenvalue weighted by molar-refractivity contribution is -0.209. The molecule has 150 valence electrons. The fourth-order valence-corrected chi connectivity index (χ4v) is 4.59. The molecule has 6 atom stereocenters. The molecule has 2 heterocycles. The van der Waals surface area contributed by atoms with Crippen LogP contribution in [0, 0.1) is 12.3 Å². The molecule has 0 unspecified atom stereocenters. The summed E-state index contributed by atoms with van der Waals surface area (Å²) in [7, 11) is 0. The standard InChI is InChI=1S/C20H22O8/c1-8(2)18(23)28-16-12-9(3)7-25-14(12)15(22)20(24)17(26-10(4)21)13-11(27-13)6-19(16,20)5/h7,11,13,16-17,24H,1,6H2,2-5H3/t11-,13-,16+,17-,19-,20+/m0/s1. The van der Waals surface area contributed by atoms with E-state index in [0.29, 0.717) is 11.1 Å². The zero-order valence-corrected chi connectivity index (χ0v) is 16.1. The SMILES string of the molecule is C=C(C)C(=O)O[C@@H]1c2c(C)coc2C(=O)[C@@]2(O)[C@@H](OC(C)=O)[C@H]3O[C@H]3C[C@@]12C. The molecule has 28 heavy (non-hydrogen) atoms. The summed E-state index contributed by atoms with van der Waals surface area (Å²) < 4.78 is 22.1. The molecule has 2 aliphatic carbocycles. The minimum absolute atomic E-state index is 0.103. The van der Waals surface area contributed by atoms with Gasteiger partial charge in [0.05, 0.1) is 17.8 Å². The van der Waals surface area contributed by atoms with Gasteiger partial charge in [0, 0.05) is 18.1 Å². The summed E-state index contributed by atoms with van der Waals surface area (Å²) in [6, 6.07) is 0. The van der Waals surface area contributed by atoms with Gasteiger partial charge in [-0.25, -0.2) is 4.79 Å². The molecule has 1 aliphatic heterocycles. The van der Waals surface area contributed by atoms with E-state index in [9.17, 15) is 19.5 Å². The number of furan rings is 1. The number of esters is 2. The molecule has 4 rings (SSSR count). The third-order valence-corrected chi connectivity index (χ3v) is 6.11. The Hall–Kier alpha value is -2.45. The maximum Gasteiger partial charge on any atom is 0.333 e. The van der Waals surface area contributed by atoms with Gasteiger partial charge in [-0.15, -0.1) is 0 Å². The molecule has 0 amide bonds. The van der Waals surface area contributed by atoms with Crippen LogP contribution in [0.1, 0.15) is 55.0 Å². The smallest absolute Gasteiger partial charge is 0.333 e. The Morgan fingerprint density at radius 1 is 1.32 bits per heavy atom. The van der Waals surface area contributed by atoms with Gasteiger partial charge in [0.25, 0.3) is 0 Å². The number of hydrogen-bond donors (Lipinski definition) is 1. The van der Waals surface area contributed by atoms with Gasteiger partial charge in [0.15, 0.2) is 17.5 Å². The minimum Gasteiger partial charge on any atom is -0.460 e. The average molecular weight is 390 g/mol. The summed E-state index contributed by atoms with van der Waals surface area (Å²) in [5.41, 5.74) is -2.26. The highest BCUT2D eigenvalue weighted by molar-refractivity contribution is 6.05. The number of carbonyl (C=O) groups is 3. The number of ketones is 1. The van der Waals surface area contributed by atoms with Crippen LogP contribution in [-0.4, -0.2) is 46.7 Å². The lowest BCUT2D eigenvalue weighted by Gasteiger charge is -2.53. The van der Waals surface area contributed by atoms with Crippen LogP contribution >= 0.6 is 0 Å². The number of rotatable bonds is 3. The summed E-state index contributed by atoms with van der Waals surface area (Å²) >= 11 is 0. The first kappa shape index (κ1) is 18.9. The molecule has 0 radical (unpaired) electrons. The van der Waals surface area contributed by atoms with Gasteiger partial charge in [-0.3, -0.25) is 9.59 Å². The van der Waals surface area contributed by atoms with Gasteiger partial charge in [-0.05, 0) is 25.8 Å². The Kier molecular flexibility index (Phi) is 3.90. The number of Topliss-reactive ketones (excluding diaryl/α,β-unsaturated/α-hetero) is 1. The van der Waals surface area contributed by atoms with E-state index in [1.807, 2.05) is 0 Å². The Bertz CT molecular complexity index is 913. The highest BCUT2D eigenvalue weighted by Crippen LogP contribution is 2.63. The normalized spacial score (nSPS) is 38.0. The first-order valence-electron chi connectivity index (χ1n) is 9.06. The van der Waals surface area contributed by atoms with E-state index < -0.39 is 47.0 Å². The average Bonchev–Trinajstić information content (AvgIpc) is 3.26. The fourth-order valence-electron chi connectivity index (χ4n) is 4.59. The minimum atomic E-state index is -2.17. The molecular formula is C20H22O8. The van der Waals surface area contributed by atoms with Crippen LogP contribution in [0.25, 0.3) is 0 Å². The van der Waals surface area contributed by atoms with E-state index in [1.54, 1.807) is 13.8 Å². The van der Waals surface area contributed by atoms with E-state index in [-0.39, 0.29) is 23.9 Å². The first-order valence-corrected chi connectivity index (χ1v) is 9.06. The van der Waals surface area contributed by atoms with Crippen molar-refractivity contribution in [2.75, 3.05) is 0 Å². The van der Waals surface area contributed by atoms with Crippen molar-refractivity contribution in [1.29, 1.82) is 0 Å². The Balaban J connectivity index is 1.91. The van der Waals surface area contributed by atoms with E-state index >= 15 is 0 Å². The Labute approximate surface area is 161 Å². The Morgan fingerprint density at radius 2 is 2.00 bits per heavy atom. The molecule has 1 aromatic heterocycles. The molecule has 0 aromatic carbocycles. The van der Waals surface area contributed by atoms with Gasteiger partial charge in [0.1, 0.15) is 12.2 Å². The maximum absolute atomic E-state index is 13.4. The van der Waals surface area contributed by atoms with Crippen molar-refractivity contribution in [2.24, 2.45) is 5.41 Å². The van der Waals surface area contributed by atoms with Crippen LogP contribution in [0.4, 0.5) is 0 Å². The molecule has 1 N–H and O–H groups in total. The van der Waals surface area contributed by atoms with Gasteiger partial charge >= 0.3 is 11.9 Å². The zero-order chi connectivity index (χ0) is 20.6. The summed E-state index contributed by atoms with van der Waals surface area (Å²) in [4.78, 5) is 37.4. The van der Waals surface area contributed by atoms with Crippen molar-refractivity contribution in [3.63, 3.8) is 0 Å². The number of epoxide rings is 1. The largest absolute Gasteiger partial charge is 0.460 e. The second kappa shape index (κ2) is 5.78. The van der Waals surface area contributed by atoms with Gasteiger partial charge in [-0.2, -0.15) is 0 Å². The van der Waals surface area contributed by atoms with Crippen LogP contribution in [0.2, 0.25) is 0 Å². The molecular weight excluding hydrogens is 368 g/mol. The van der Waals surface area contributed by atoms with Crippen LogP contribution in [0.5, 0.6) is 0 Å². The first-order chi connectivity index (χ1) is 13.0. The molecule has 1 saturated carbocycles. The molecule has 8 heteroatoms. The third kappa shape index (κ3) is 2.28. The van der Waals surface area contributed by atoms with Crippen LogP contribution < -0.4 is 0 Å². The quantitative estimate of drug-likeness (QED) is 0.472. The van der Waals surface area contributed by atoms with Crippen molar-refractivity contribution in [2.45, 2.75) is 64.1 Å². The van der Waals surface area contributed by atoms with Gasteiger partial charge in [0.2, 0.25) is 5.78 Å². The van der Waals surface area contributed by atoms with Crippen LogP contribution in [0.3, 0.4) is 0 Å². The van der Waals surface area contributed by atoms with Crippen molar-refractivity contribution in [3.05, 3.63) is 35.3 Å². The summed E-state index contributed by atoms with van der Waals surface area (Å²) in [5.74, 6) is -2.12. The maximum atomic E-state index is 13.4. The summed E-state index contributed by atoms with van der Waals surface area (Å²) in [5, 5.41) is 11.7. The number of ether oxygens (including phenoxy) is 3. The second-order valence-corrected chi connectivity index (χ2v) is 8.11. The van der Waals surface area contributed by atoms with E-state index in [4.69, 9.17) is 18.6 Å². The number of fused-ring (bicyclic) bond motifs is 3. The highest BCUT2D eigenvalue weighted by atomic mass is 16.6. The van der Waals surface area contributed by atoms with Crippen molar-refractivity contribution in [1.82, 2.24) is 0 Å². The molecule has 2 fully saturated rings. The predicted molar refractivity (Wildman–Crippen MR) is 93.3 cm³/mol. The second-order valence-electron chi connectivity index (χ2n) is 8.11. The molecule has 3 aliphatic rings. The molecule has 0 spiro atoms. The van der Waals surface area contributed by atoms with E-state index in [0.717, 1.165) is 0 Å². The number of aliphatic hydroxyl groups is 1. The molecule has 1 saturated heterocycles. The monoisotopic (exact) mass is 390 g/mol. The molecule has 1 aromatic rings. The lowest BCUT2D eigenvalue weighted by Crippen LogP contribution is -2.70. The summed E-state index contributed by atoms with van der Waals surface area (Å²) in [6.07, 6.45) is -1.52. The van der Waals surface area contributed by atoms with Crippen molar-refractivity contribution < 1.29 is 38.1 Å². The summed E-state index contributed by atoms with van der Waals surface area (Å²) in [6.45, 7) is 9.68. The van der Waals surface area contributed by atoms with Crippen LogP contribution in [-0.2, 0) is 23.8 Å². The lowest BCUT2D eigenvalue weighted by atomic mass is 9.54. The zero-order valence-electron chi connectivity index (χ0n) is 16.1. The number of hydrogen-bond acceptors (Lipinski definition) is 8. The fraction of sp³-hybridized carbons (Fsp3) is 0.550. The number of carbonyl (C=O) groups excluding carboxylic acids is 3. The van der Waals surface area contributed by atoms with Gasteiger partial charge < -0.3 is 23.7 Å². The van der Waals surface area contributed by atoms with Gasteiger partial charge in [-0.1, -0.05) is 13.5 Å². The Morgan fingerprint density at radius 3 is 2.61 bits per heavy atom. The highest BCUT2D eigenvalue weighted by Gasteiger charge is 2.77.